The van der Waals surface area contributed by atoms with Crippen LogP contribution in [0.3, 0.4) is 0 Å². The molecule has 12 heteroatoms. The molecule has 188 valence electrons. The minimum atomic E-state index is -0.950. The van der Waals surface area contributed by atoms with Crippen LogP contribution in [-0.4, -0.2) is 77.6 Å². The molecule has 1 N–H and O–H groups in total. The summed E-state index contributed by atoms with van der Waals surface area (Å²) in [4.78, 5) is 31.7. The highest BCUT2D eigenvalue weighted by molar-refractivity contribution is 5.94. The number of H-pyrrole nitrogens is 1. The van der Waals surface area contributed by atoms with E-state index in [0.717, 1.165) is 34.7 Å². The molecule has 6 rings (SSSR count). The lowest BCUT2D eigenvalue weighted by Crippen LogP contribution is -2.66. The molecular weight excluding hydrogens is 480 g/mol. The second kappa shape index (κ2) is 9.01. The fraction of sp³-hybridized carbons (Fsp3) is 0.360. The highest BCUT2D eigenvalue weighted by Gasteiger charge is 2.48. The van der Waals surface area contributed by atoms with Gasteiger partial charge >= 0.3 is 0 Å². The van der Waals surface area contributed by atoms with E-state index < -0.39 is 28.6 Å². The third kappa shape index (κ3) is 3.92. The highest BCUT2D eigenvalue weighted by Crippen LogP contribution is 2.37. The number of halogens is 2. The second-order valence-corrected chi connectivity index (χ2v) is 9.60. The van der Waals surface area contributed by atoms with Crippen molar-refractivity contribution in [2.45, 2.75) is 30.8 Å². The van der Waals surface area contributed by atoms with Crippen LogP contribution in [0.25, 0.3) is 22.3 Å². The molecule has 0 aromatic carbocycles. The zero-order valence-electron chi connectivity index (χ0n) is 19.8. The van der Waals surface area contributed by atoms with E-state index in [9.17, 15) is 18.8 Å². The number of likely N-dealkylation sites (tertiary alicyclic amines) is 2. The summed E-state index contributed by atoms with van der Waals surface area (Å²) in [7, 11) is 0. The lowest BCUT2D eigenvalue weighted by Gasteiger charge is -2.53. The average molecular weight is 504 g/mol. The Labute approximate surface area is 210 Å². The molecule has 0 saturated carbocycles. The zero-order valence-corrected chi connectivity index (χ0v) is 19.8. The number of carbonyl (C=O) groups excluding carboxylic acids is 1. The van der Waals surface area contributed by atoms with Crippen LogP contribution in [0.2, 0.25) is 0 Å². The lowest BCUT2D eigenvalue weighted by molar-refractivity contribution is -0.0412. The van der Waals surface area contributed by atoms with Crippen molar-refractivity contribution in [1.29, 1.82) is 5.26 Å². The molecule has 0 atom stereocenters. The fourth-order valence-corrected chi connectivity index (χ4v) is 5.47. The number of aromatic amines is 1. The standard InChI is InChI=1S/C25H23F2N9O/c26-19-10-29-11-20(27)21(19)24(37)34-7-2-17(3-8-34)35-13-25(14-35,4-5-28)36-12-16(9-33-36)22-18-1-6-30-23(18)32-15-31-22/h1,6,9-12,15,17H,2-4,7-8,13-14H2,(H,30,31,32). The molecule has 4 aromatic heterocycles. The first-order valence-corrected chi connectivity index (χ1v) is 12.0. The van der Waals surface area contributed by atoms with E-state index in [1.54, 1.807) is 6.20 Å². The van der Waals surface area contributed by atoms with Gasteiger partial charge in [-0.25, -0.2) is 18.7 Å². The van der Waals surface area contributed by atoms with Gasteiger partial charge in [-0.3, -0.25) is 19.4 Å². The van der Waals surface area contributed by atoms with E-state index >= 15 is 0 Å². The van der Waals surface area contributed by atoms with E-state index in [2.05, 4.69) is 36.0 Å². The Hall–Kier alpha value is -4.24. The van der Waals surface area contributed by atoms with Gasteiger partial charge in [0.25, 0.3) is 5.91 Å². The minimum Gasteiger partial charge on any atom is -0.346 e. The molecule has 0 spiro atoms. The fourth-order valence-electron chi connectivity index (χ4n) is 5.47. The molecule has 0 aliphatic carbocycles. The summed E-state index contributed by atoms with van der Waals surface area (Å²) in [5, 5.41) is 15.1. The maximum absolute atomic E-state index is 14.0. The van der Waals surface area contributed by atoms with Gasteiger partial charge in [0, 0.05) is 55.6 Å². The Morgan fingerprint density at radius 1 is 1.16 bits per heavy atom. The summed E-state index contributed by atoms with van der Waals surface area (Å²) >= 11 is 0. The first kappa shape index (κ1) is 23.2. The Balaban J connectivity index is 1.13. The van der Waals surface area contributed by atoms with Gasteiger partial charge in [0.05, 0.1) is 36.8 Å². The second-order valence-electron chi connectivity index (χ2n) is 9.60. The number of rotatable bonds is 5. The Morgan fingerprint density at radius 3 is 2.65 bits per heavy atom. The van der Waals surface area contributed by atoms with E-state index in [1.165, 1.54) is 11.2 Å². The lowest BCUT2D eigenvalue weighted by atomic mass is 9.83. The van der Waals surface area contributed by atoms with Gasteiger partial charge < -0.3 is 9.88 Å². The van der Waals surface area contributed by atoms with Crippen molar-refractivity contribution in [3.63, 3.8) is 0 Å². The van der Waals surface area contributed by atoms with Crippen LogP contribution >= 0.6 is 0 Å². The van der Waals surface area contributed by atoms with Crippen LogP contribution < -0.4 is 0 Å². The van der Waals surface area contributed by atoms with Crippen LogP contribution in [0.1, 0.15) is 29.6 Å². The molecule has 2 aliphatic rings. The first-order chi connectivity index (χ1) is 18.0. The van der Waals surface area contributed by atoms with Crippen molar-refractivity contribution in [1.82, 2.24) is 39.5 Å². The van der Waals surface area contributed by atoms with Crippen LogP contribution in [0.4, 0.5) is 8.78 Å². The predicted molar refractivity (Wildman–Crippen MR) is 128 cm³/mol. The maximum Gasteiger partial charge on any atom is 0.259 e. The summed E-state index contributed by atoms with van der Waals surface area (Å²) in [6.07, 6.45) is 10.4. The predicted octanol–water partition coefficient (Wildman–Crippen LogP) is 2.72. The largest absolute Gasteiger partial charge is 0.346 e. The van der Waals surface area contributed by atoms with Gasteiger partial charge in [-0.05, 0) is 18.9 Å². The van der Waals surface area contributed by atoms with E-state index in [0.29, 0.717) is 45.4 Å². The van der Waals surface area contributed by atoms with E-state index in [1.807, 2.05) is 23.1 Å². The van der Waals surface area contributed by atoms with Crippen molar-refractivity contribution in [2.75, 3.05) is 26.2 Å². The summed E-state index contributed by atoms with van der Waals surface area (Å²) in [6, 6.07) is 4.44. The van der Waals surface area contributed by atoms with Crippen LogP contribution in [0.5, 0.6) is 0 Å². The first-order valence-electron chi connectivity index (χ1n) is 12.0. The number of pyridine rings is 1. The monoisotopic (exact) mass is 503 g/mol. The summed E-state index contributed by atoms with van der Waals surface area (Å²) in [5.41, 5.74) is 1.37. The molecule has 2 fully saturated rings. The van der Waals surface area contributed by atoms with Gasteiger partial charge in [0.2, 0.25) is 0 Å². The molecular formula is C25H23F2N9O. The highest BCUT2D eigenvalue weighted by atomic mass is 19.1. The third-order valence-electron chi connectivity index (χ3n) is 7.43. The number of amides is 1. The van der Waals surface area contributed by atoms with Crippen molar-refractivity contribution in [3.05, 3.63) is 60.6 Å². The van der Waals surface area contributed by atoms with Gasteiger partial charge in [-0.15, -0.1) is 0 Å². The molecule has 10 nitrogen and oxygen atoms in total. The Bertz CT molecular complexity index is 1490. The molecule has 37 heavy (non-hydrogen) atoms. The van der Waals surface area contributed by atoms with Gasteiger partial charge in [-0.1, -0.05) is 0 Å². The molecule has 0 radical (unpaired) electrons. The topological polar surface area (TPSA) is 120 Å². The normalized spacial score (nSPS) is 18.0. The summed E-state index contributed by atoms with van der Waals surface area (Å²) in [6.45, 7) is 2.10. The number of piperidine rings is 1. The number of nitrogens with zero attached hydrogens (tertiary/aromatic N) is 8. The van der Waals surface area contributed by atoms with Crippen molar-refractivity contribution in [3.8, 4) is 17.3 Å². The number of fused-ring (bicyclic) bond motifs is 1. The van der Waals surface area contributed by atoms with E-state index in [4.69, 9.17) is 0 Å². The number of carbonyl (C=O) groups is 1. The van der Waals surface area contributed by atoms with Crippen LogP contribution in [0.15, 0.2) is 43.4 Å². The van der Waals surface area contributed by atoms with Crippen molar-refractivity contribution < 1.29 is 13.6 Å². The molecule has 6 heterocycles. The SMILES string of the molecule is N#CCC1(n2cc(-c3ncnc4[nH]ccc34)cn2)CN(C2CCN(C(=O)c3c(F)cncc3F)CC2)C1. The molecule has 2 aliphatic heterocycles. The number of nitriles is 1. The van der Waals surface area contributed by atoms with Gasteiger partial charge in [0.15, 0.2) is 11.6 Å². The summed E-state index contributed by atoms with van der Waals surface area (Å²) < 4.78 is 29.9. The summed E-state index contributed by atoms with van der Waals surface area (Å²) in [5.74, 6) is -2.55. The zero-order chi connectivity index (χ0) is 25.6. The third-order valence-corrected chi connectivity index (χ3v) is 7.43. The van der Waals surface area contributed by atoms with Crippen molar-refractivity contribution in [2.24, 2.45) is 0 Å². The molecule has 4 aromatic rings. The molecule has 2 saturated heterocycles. The van der Waals surface area contributed by atoms with Crippen LogP contribution in [-0.2, 0) is 5.54 Å². The van der Waals surface area contributed by atoms with Crippen molar-refractivity contribution >= 4 is 16.9 Å². The number of hydrogen-bond donors (Lipinski definition) is 1. The van der Waals surface area contributed by atoms with E-state index in [-0.39, 0.29) is 6.04 Å². The molecule has 0 unspecified atom stereocenters. The smallest absolute Gasteiger partial charge is 0.259 e. The molecule has 1 amide bonds. The number of nitrogens with one attached hydrogen (secondary N) is 1. The minimum absolute atomic E-state index is 0.208. The van der Waals surface area contributed by atoms with Gasteiger partial charge in [0.1, 0.15) is 23.1 Å². The number of aromatic nitrogens is 6. The quantitative estimate of drug-likeness (QED) is 0.445. The van der Waals surface area contributed by atoms with Gasteiger partial charge in [-0.2, -0.15) is 10.4 Å². The Kier molecular flexibility index (Phi) is 5.64. The molecule has 0 bridgehead atoms. The van der Waals surface area contributed by atoms with Crippen LogP contribution in [0, 0.1) is 23.0 Å². The number of hydrogen-bond acceptors (Lipinski definition) is 7. The Morgan fingerprint density at radius 2 is 1.92 bits per heavy atom. The average Bonchev–Trinajstić information content (AvgIpc) is 3.56. The maximum atomic E-state index is 14.0.